The van der Waals surface area contributed by atoms with Gasteiger partial charge in [0.15, 0.2) is 6.10 Å². The maximum Gasteiger partial charge on any atom is 0.338 e. The molecule has 2 aromatic carbocycles. The summed E-state index contributed by atoms with van der Waals surface area (Å²) in [5.41, 5.74) is 1.94. The minimum atomic E-state index is -0.870. The number of methoxy groups -OCH3 is 2. The number of ether oxygens (including phenoxy) is 3. The van der Waals surface area contributed by atoms with E-state index in [4.69, 9.17) is 14.2 Å². The Balaban J connectivity index is 1.85. The normalized spacial score (nSPS) is 15.6. The van der Waals surface area contributed by atoms with Crippen LogP contribution in [0.1, 0.15) is 26.3 Å². The van der Waals surface area contributed by atoms with Crippen LogP contribution >= 0.6 is 0 Å². The largest absolute Gasteiger partial charge is 0.478 e. The number of allylic oxidation sites excluding steroid dienone is 2. The van der Waals surface area contributed by atoms with Gasteiger partial charge in [0.2, 0.25) is 5.78 Å². The summed E-state index contributed by atoms with van der Waals surface area (Å²) in [6.07, 6.45) is 4.07. The zero-order chi connectivity index (χ0) is 20.1. The first kappa shape index (κ1) is 19.1. The molecule has 1 atom stereocenters. The van der Waals surface area contributed by atoms with Gasteiger partial charge in [0.25, 0.3) is 0 Å². The van der Waals surface area contributed by atoms with Crippen molar-refractivity contribution in [2.24, 2.45) is 0 Å². The molecule has 0 spiro atoms. The predicted octanol–water partition coefficient (Wildman–Crippen LogP) is 3.23. The predicted molar refractivity (Wildman–Crippen MR) is 102 cm³/mol. The van der Waals surface area contributed by atoms with Crippen molar-refractivity contribution in [3.63, 3.8) is 0 Å². The van der Waals surface area contributed by atoms with Gasteiger partial charge >= 0.3 is 11.9 Å². The van der Waals surface area contributed by atoms with E-state index in [1.165, 1.54) is 38.5 Å². The van der Waals surface area contributed by atoms with Crippen molar-refractivity contribution in [1.82, 2.24) is 0 Å². The summed E-state index contributed by atoms with van der Waals surface area (Å²) in [6.45, 7) is 0. The Morgan fingerprint density at radius 3 is 2.04 bits per heavy atom. The molecule has 0 amide bonds. The summed E-state index contributed by atoms with van der Waals surface area (Å²) < 4.78 is 15.1. The third-order valence-corrected chi connectivity index (χ3v) is 4.15. The molecule has 1 aliphatic rings. The molecule has 1 aliphatic carbocycles. The molecule has 6 heteroatoms. The van der Waals surface area contributed by atoms with Crippen molar-refractivity contribution in [3.8, 4) is 5.75 Å². The standard InChI is InChI=1S/C22H18O6/c1-26-21(24)16-10-17(22(25)27-2)12-18(11-16)28-20-9-8-15(13-19(20)23)14-6-4-3-5-7-14/h3-13,20H,1-2H3. The van der Waals surface area contributed by atoms with Crippen molar-refractivity contribution in [3.05, 3.63) is 83.4 Å². The Morgan fingerprint density at radius 1 is 0.893 bits per heavy atom. The number of ketones is 1. The number of carbonyl (C=O) groups excluding carboxylic acids is 3. The maximum absolute atomic E-state index is 12.5. The lowest BCUT2D eigenvalue weighted by Gasteiger charge is -2.18. The lowest BCUT2D eigenvalue weighted by Crippen LogP contribution is -2.26. The number of benzene rings is 2. The Labute approximate surface area is 162 Å². The second kappa shape index (κ2) is 8.35. The van der Waals surface area contributed by atoms with E-state index in [9.17, 15) is 14.4 Å². The fraction of sp³-hybridized carbons (Fsp3) is 0.136. The average Bonchev–Trinajstić information content (AvgIpc) is 2.74. The molecule has 28 heavy (non-hydrogen) atoms. The third-order valence-electron chi connectivity index (χ3n) is 4.15. The highest BCUT2D eigenvalue weighted by atomic mass is 16.5. The molecule has 3 rings (SSSR count). The first-order chi connectivity index (χ1) is 13.5. The van der Waals surface area contributed by atoms with Gasteiger partial charge in [0.1, 0.15) is 5.75 Å². The van der Waals surface area contributed by atoms with Crippen LogP contribution in [0.3, 0.4) is 0 Å². The van der Waals surface area contributed by atoms with Crippen molar-refractivity contribution in [2.45, 2.75) is 6.10 Å². The lowest BCUT2D eigenvalue weighted by atomic mass is 9.97. The number of rotatable bonds is 5. The Hall–Kier alpha value is -3.67. The summed E-state index contributed by atoms with van der Waals surface area (Å²) in [5, 5.41) is 0. The van der Waals surface area contributed by atoms with Crippen molar-refractivity contribution in [2.75, 3.05) is 14.2 Å². The quantitative estimate of drug-likeness (QED) is 0.744. The summed E-state index contributed by atoms with van der Waals surface area (Å²) >= 11 is 0. The Kier molecular flexibility index (Phi) is 5.69. The van der Waals surface area contributed by atoms with Gasteiger partial charge in [0.05, 0.1) is 25.3 Å². The molecule has 0 saturated heterocycles. The monoisotopic (exact) mass is 378 g/mol. The van der Waals surface area contributed by atoms with Crippen LogP contribution in [0, 0.1) is 0 Å². The van der Waals surface area contributed by atoms with Crippen LogP contribution in [0.2, 0.25) is 0 Å². The minimum Gasteiger partial charge on any atom is -0.478 e. The topological polar surface area (TPSA) is 78.9 Å². The molecule has 0 aliphatic heterocycles. The number of esters is 2. The number of carbonyl (C=O) groups is 3. The van der Waals surface area contributed by atoms with Gasteiger partial charge in [-0.3, -0.25) is 4.79 Å². The smallest absolute Gasteiger partial charge is 0.338 e. The highest BCUT2D eigenvalue weighted by Gasteiger charge is 2.22. The lowest BCUT2D eigenvalue weighted by molar-refractivity contribution is -0.119. The minimum absolute atomic E-state index is 0.119. The fourth-order valence-electron chi connectivity index (χ4n) is 2.76. The molecule has 0 fully saturated rings. The van der Waals surface area contributed by atoms with Gasteiger partial charge in [-0.15, -0.1) is 0 Å². The molecular formula is C22H18O6. The van der Waals surface area contributed by atoms with E-state index >= 15 is 0 Å². The number of hydrogen-bond acceptors (Lipinski definition) is 6. The van der Waals surface area contributed by atoms with E-state index in [-0.39, 0.29) is 22.7 Å². The molecule has 0 radical (unpaired) electrons. The highest BCUT2D eigenvalue weighted by Crippen LogP contribution is 2.24. The molecule has 0 heterocycles. The zero-order valence-corrected chi connectivity index (χ0v) is 15.4. The molecule has 1 unspecified atom stereocenters. The van der Waals surface area contributed by atoms with Gasteiger partial charge < -0.3 is 14.2 Å². The van der Waals surface area contributed by atoms with Crippen LogP contribution in [0.25, 0.3) is 5.57 Å². The molecule has 6 nitrogen and oxygen atoms in total. The first-order valence-corrected chi connectivity index (χ1v) is 8.49. The fourth-order valence-corrected chi connectivity index (χ4v) is 2.76. The Bertz CT molecular complexity index is 938. The highest BCUT2D eigenvalue weighted by molar-refractivity contribution is 6.05. The van der Waals surface area contributed by atoms with Crippen molar-refractivity contribution < 1.29 is 28.6 Å². The molecular weight excluding hydrogens is 360 g/mol. The van der Waals surface area contributed by atoms with E-state index in [2.05, 4.69) is 0 Å². The summed E-state index contributed by atoms with van der Waals surface area (Å²) in [6, 6.07) is 13.7. The van der Waals surface area contributed by atoms with Crippen molar-refractivity contribution in [1.29, 1.82) is 0 Å². The molecule has 2 aromatic rings. The number of hydrogen-bond donors (Lipinski definition) is 0. The van der Waals surface area contributed by atoms with E-state index < -0.39 is 18.0 Å². The van der Waals surface area contributed by atoms with Gasteiger partial charge in [0, 0.05) is 0 Å². The Morgan fingerprint density at radius 2 is 1.50 bits per heavy atom. The van der Waals surface area contributed by atoms with Crippen LogP contribution in [0.15, 0.2) is 66.8 Å². The van der Waals surface area contributed by atoms with Crippen molar-refractivity contribution >= 4 is 23.3 Å². The van der Waals surface area contributed by atoms with Crippen LogP contribution in [0.4, 0.5) is 0 Å². The van der Waals surface area contributed by atoms with Gasteiger partial charge in [-0.25, -0.2) is 9.59 Å². The maximum atomic E-state index is 12.5. The first-order valence-electron chi connectivity index (χ1n) is 8.49. The molecule has 0 N–H and O–H groups in total. The summed E-state index contributed by atoms with van der Waals surface area (Å²) in [7, 11) is 2.47. The van der Waals surface area contributed by atoms with Gasteiger partial charge in [-0.05, 0) is 41.5 Å². The second-order valence-electron chi connectivity index (χ2n) is 5.99. The third kappa shape index (κ3) is 4.17. The average molecular weight is 378 g/mol. The molecule has 142 valence electrons. The zero-order valence-electron chi connectivity index (χ0n) is 15.4. The second-order valence-corrected chi connectivity index (χ2v) is 5.99. The molecule has 0 aromatic heterocycles. The SMILES string of the molecule is COC(=O)c1cc(OC2C=CC(c3ccccc3)=CC2=O)cc(C(=O)OC)c1. The molecule has 0 bridgehead atoms. The van der Waals surface area contributed by atoms with Gasteiger partial charge in [-0.1, -0.05) is 36.4 Å². The summed E-state index contributed by atoms with van der Waals surface area (Å²) in [4.78, 5) is 36.2. The molecule has 0 saturated carbocycles. The summed E-state index contributed by atoms with van der Waals surface area (Å²) in [5.74, 6) is -1.33. The van der Waals surface area contributed by atoms with Crippen LogP contribution < -0.4 is 4.74 Å². The van der Waals surface area contributed by atoms with E-state index in [0.29, 0.717) is 0 Å². The van der Waals surface area contributed by atoms with Gasteiger partial charge in [-0.2, -0.15) is 0 Å². The van der Waals surface area contributed by atoms with E-state index in [1.807, 2.05) is 30.3 Å². The van der Waals surface area contributed by atoms with Crippen LogP contribution in [-0.2, 0) is 14.3 Å². The van der Waals surface area contributed by atoms with Crippen LogP contribution in [0.5, 0.6) is 5.75 Å². The van der Waals surface area contributed by atoms with Crippen LogP contribution in [-0.4, -0.2) is 38.0 Å². The van der Waals surface area contributed by atoms with E-state index in [0.717, 1.165) is 11.1 Å². The van der Waals surface area contributed by atoms with E-state index in [1.54, 1.807) is 12.2 Å².